The first kappa shape index (κ1) is 13.8. The van der Waals surface area contributed by atoms with Gasteiger partial charge in [-0.1, -0.05) is 28.9 Å². The Bertz CT molecular complexity index is 375. The van der Waals surface area contributed by atoms with Crippen molar-refractivity contribution in [1.29, 1.82) is 0 Å². The third-order valence-corrected chi connectivity index (χ3v) is 2.99. The summed E-state index contributed by atoms with van der Waals surface area (Å²) in [5.41, 5.74) is -0.0690. The van der Waals surface area contributed by atoms with E-state index in [1.807, 2.05) is 6.92 Å². The first-order valence-electron chi connectivity index (χ1n) is 5.47. The maximum Gasteiger partial charge on any atom is 0.259 e. The number of carbonyl (C=O) groups is 1. The Morgan fingerprint density at radius 1 is 1.41 bits per heavy atom. The summed E-state index contributed by atoms with van der Waals surface area (Å²) in [5.74, 6) is -0.874. The summed E-state index contributed by atoms with van der Waals surface area (Å²) in [4.78, 5) is 11.9. The predicted octanol–water partition coefficient (Wildman–Crippen LogP) is 2.39. The van der Waals surface area contributed by atoms with Crippen LogP contribution in [0, 0.1) is 0 Å². The van der Waals surface area contributed by atoms with Crippen LogP contribution in [0.15, 0.2) is 18.2 Å². The van der Waals surface area contributed by atoms with E-state index < -0.39 is 5.91 Å². The second-order valence-corrected chi connectivity index (χ2v) is 4.52. The first-order valence-corrected chi connectivity index (χ1v) is 6.60. The molecule has 1 aromatic rings. The lowest BCUT2D eigenvalue weighted by Crippen LogP contribution is -2.34. The van der Waals surface area contributed by atoms with Gasteiger partial charge in [-0.25, -0.2) is 0 Å². The van der Waals surface area contributed by atoms with Crippen molar-refractivity contribution in [3.05, 3.63) is 23.8 Å². The molecule has 0 saturated heterocycles. The van der Waals surface area contributed by atoms with Crippen molar-refractivity contribution in [1.82, 2.24) is 5.32 Å². The van der Waals surface area contributed by atoms with E-state index in [4.69, 9.17) is 0 Å². The molecule has 0 saturated carbocycles. The van der Waals surface area contributed by atoms with Crippen molar-refractivity contribution in [2.75, 3.05) is 5.33 Å². The quantitative estimate of drug-likeness (QED) is 0.731. The van der Waals surface area contributed by atoms with Crippen LogP contribution in [0.2, 0.25) is 0 Å². The molecule has 0 heterocycles. The van der Waals surface area contributed by atoms with E-state index in [0.717, 1.165) is 18.2 Å². The number of hydrogen-bond donors (Lipinski definition) is 3. The van der Waals surface area contributed by atoms with E-state index in [-0.39, 0.29) is 23.1 Å². The molecule has 3 N–H and O–H groups in total. The minimum absolute atomic E-state index is 0.0286. The van der Waals surface area contributed by atoms with Gasteiger partial charge in [0.25, 0.3) is 5.91 Å². The number of phenolic OH excluding ortho intramolecular Hbond substituents is 2. The average Bonchev–Trinajstić information content (AvgIpc) is 2.28. The lowest BCUT2D eigenvalue weighted by Gasteiger charge is -2.16. The standard InChI is InChI=1S/C12H16BrNO3/c1-2-8(6-7-13)14-12(17)11-9(15)4-3-5-10(11)16/h3-5,8,15-16H,2,6-7H2,1H3,(H,14,17). The van der Waals surface area contributed by atoms with Crippen molar-refractivity contribution in [3.63, 3.8) is 0 Å². The molecule has 94 valence electrons. The lowest BCUT2D eigenvalue weighted by molar-refractivity contribution is 0.0929. The molecule has 0 fully saturated rings. The summed E-state index contributed by atoms with van der Waals surface area (Å²) in [6.45, 7) is 1.97. The fourth-order valence-corrected chi connectivity index (χ4v) is 2.08. The Morgan fingerprint density at radius 3 is 2.47 bits per heavy atom. The van der Waals surface area contributed by atoms with Crippen LogP contribution in [-0.2, 0) is 0 Å². The van der Waals surface area contributed by atoms with Gasteiger partial charge in [-0.2, -0.15) is 0 Å². The Hall–Kier alpha value is -1.23. The van der Waals surface area contributed by atoms with Crippen LogP contribution in [-0.4, -0.2) is 27.5 Å². The van der Waals surface area contributed by atoms with Crippen LogP contribution in [0.3, 0.4) is 0 Å². The molecule has 1 aromatic carbocycles. The van der Waals surface area contributed by atoms with E-state index in [1.165, 1.54) is 18.2 Å². The number of halogens is 1. The van der Waals surface area contributed by atoms with Crippen molar-refractivity contribution in [2.45, 2.75) is 25.8 Å². The molecule has 1 rings (SSSR count). The Kier molecular flexibility index (Phi) is 5.28. The highest BCUT2D eigenvalue weighted by atomic mass is 79.9. The molecule has 0 aromatic heterocycles. The molecule has 1 unspecified atom stereocenters. The highest BCUT2D eigenvalue weighted by Crippen LogP contribution is 2.26. The van der Waals surface area contributed by atoms with Crippen molar-refractivity contribution in [2.24, 2.45) is 0 Å². The van der Waals surface area contributed by atoms with Gasteiger partial charge in [0.15, 0.2) is 0 Å². The van der Waals surface area contributed by atoms with E-state index in [1.54, 1.807) is 0 Å². The topological polar surface area (TPSA) is 69.6 Å². The van der Waals surface area contributed by atoms with E-state index in [2.05, 4.69) is 21.2 Å². The number of benzene rings is 1. The van der Waals surface area contributed by atoms with Gasteiger partial charge in [0.2, 0.25) is 0 Å². The second kappa shape index (κ2) is 6.49. The van der Waals surface area contributed by atoms with Gasteiger partial charge in [-0.15, -0.1) is 0 Å². The van der Waals surface area contributed by atoms with Crippen LogP contribution in [0.5, 0.6) is 11.5 Å². The van der Waals surface area contributed by atoms with Crippen molar-refractivity contribution < 1.29 is 15.0 Å². The minimum Gasteiger partial charge on any atom is -0.507 e. The SMILES string of the molecule is CCC(CCBr)NC(=O)c1c(O)cccc1O. The number of phenols is 2. The predicted molar refractivity (Wildman–Crippen MR) is 69.7 cm³/mol. The molecule has 1 amide bonds. The maximum absolute atomic E-state index is 11.9. The fourth-order valence-electron chi connectivity index (χ4n) is 1.53. The molecule has 0 aliphatic carbocycles. The summed E-state index contributed by atoms with van der Waals surface area (Å²) >= 11 is 3.32. The molecule has 0 aliphatic heterocycles. The molecule has 0 bridgehead atoms. The van der Waals surface area contributed by atoms with E-state index in [9.17, 15) is 15.0 Å². The van der Waals surface area contributed by atoms with Gasteiger partial charge in [-0.05, 0) is 25.0 Å². The molecule has 17 heavy (non-hydrogen) atoms. The smallest absolute Gasteiger partial charge is 0.259 e. The highest BCUT2D eigenvalue weighted by Gasteiger charge is 2.18. The van der Waals surface area contributed by atoms with Gasteiger partial charge in [0.05, 0.1) is 0 Å². The number of alkyl halides is 1. The highest BCUT2D eigenvalue weighted by molar-refractivity contribution is 9.09. The van der Waals surface area contributed by atoms with Gasteiger partial charge in [-0.3, -0.25) is 4.79 Å². The number of aromatic hydroxyl groups is 2. The summed E-state index contributed by atoms with van der Waals surface area (Å²) in [7, 11) is 0. The fraction of sp³-hybridized carbons (Fsp3) is 0.417. The number of amides is 1. The van der Waals surface area contributed by atoms with Crippen LogP contribution >= 0.6 is 15.9 Å². The third kappa shape index (κ3) is 3.63. The third-order valence-electron chi connectivity index (χ3n) is 2.53. The summed E-state index contributed by atoms with van der Waals surface area (Å²) < 4.78 is 0. The number of rotatable bonds is 5. The molecule has 1 atom stereocenters. The van der Waals surface area contributed by atoms with Crippen molar-refractivity contribution >= 4 is 21.8 Å². The molecule has 5 heteroatoms. The van der Waals surface area contributed by atoms with Crippen molar-refractivity contribution in [3.8, 4) is 11.5 Å². The van der Waals surface area contributed by atoms with E-state index in [0.29, 0.717) is 0 Å². The second-order valence-electron chi connectivity index (χ2n) is 3.73. The van der Waals surface area contributed by atoms with Gasteiger partial charge in [0.1, 0.15) is 17.1 Å². The molecule has 0 spiro atoms. The molecule has 0 aliphatic rings. The number of nitrogens with one attached hydrogen (secondary N) is 1. The minimum atomic E-state index is -0.451. The first-order chi connectivity index (χ1) is 8.10. The van der Waals surface area contributed by atoms with Gasteiger partial charge >= 0.3 is 0 Å². The zero-order valence-electron chi connectivity index (χ0n) is 9.61. The number of hydrogen-bond acceptors (Lipinski definition) is 3. The van der Waals surface area contributed by atoms with E-state index >= 15 is 0 Å². The molecule has 4 nitrogen and oxygen atoms in total. The van der Waals surface area contributed by atoms with Crippen LogP contribution in [0.25, 0.3) is 0 Å². The molecular weight excluding hydrogens is 286 g/mol. The van der Waals surface area contributed by atoms with Crippen LogP contribution < -0.4 is 5.32 Å². The lowest BCUT2D eigenvalue weighted by atomic mass is 10.1. The average molecular weight is 302 g/mol. The van der Waals surface area contributed by atoms with Gasteiger partial charge < -0.3 is 15.5 Å². The largest absolute Gasteiger partial charge is 0.507 e. The zero-order valence-corrected chi connectivity index (χ0v) is 11.2. The van der Waals surface area contributed by atoms with Gasteiger partial charge in [0, 0.05) is 11.4 Å². The summed E-state index contributed by atoms with van der Waals surface area (Å²) in [6.07, 6.45) is 1.60. The normalized spacial score (nSPS) is 12.1. The summed E-state index contributed by atoms with van der Waals surface area (Å²) in [6, 6.07) is 4.26. The van der Waals surface area contributed by atoms with Crippen LogP contribution in [0.1, 0.15) is 30.1 Å². The Labute approximate surface area is 109 Å². The maximum atomic E-state index is 11.9. The monoisotopic (exact) mass is 301 g/mol. The summed E-state index contributed by atoms with van der Waals surface area (Å²) in [5, 5.41) is 22.7. The van der Waals surface area contributed by atoms with Crippen LogP contribution in [0.4, 0.5) is 0 Å². The zero-order chi connectivity index (χ0) is 12.8. The number of carbonyl (C=O) groups excluding carboxylic acids is 1. The Morgan fingerprint density at radius 2 is 2.00 bits per heavy atom. The Balaban J connectivity index is 2.82. The molecule has 0 radical (unpaired) electrons. The molecular formula is C12H16BrNO3.